The van der Waals surface area contributed by atoms with Crippen molar-refractivity contribution in [3.05, 3.63) is 58.9 Å². The molecule has 4 nitrogen and oxygen atoms in total. The Kier molecular flexibility index (Phi) is 5.61. The number of carbonyl (C=O) groups excluding carboxylic acids is 1. The zero-order valence-electron chi connectivity index (χ0n) is 14.8. The largest absolute Gasteiger partial charge is 0.324 e. The smallest absolute Gasteiger partial charge is 0.221 e. The average Bonchev–Trinajstić information content (AvgIpc) is 2.63. The topological polar surface area (TPSA) is 68.0 Å². The van der Waals surface area contributed by atoms with Gasteiger partial charge in [0, 0.05) is 30.4 Å². The summed E-state index contributed by atoms with van der Waals surface area (Å²) in [5, 5.41) is 2.20. The van der Waals surface area contributed by atoms with E-state index in [2.05, 4.69) is 16.4 Å². The molecule has 2 atom stereocenters. The first-order valence-corrected chi connectivity index (χ1v) is 8.89. The molecule has 0 saturated carbocycles. The van der Waals surface area contributed by atoms with Crippen LogP contribution < -0.4 is 11.1 Å². The zero-order valence-corrected chi connectivity index (χ0v) is 14.8. The summed E-state index contributed by atoms with van der Waals surface area (Å²) in [6.45, 7) is 1.21. The van der Waals surface area contributed by atoms with Crippen LogP contribution in [0.5, 0.6) is 0 Å². The third kappa shape index (κ3) is 4.07. The fourth-order valence-corrected chi connectivity index (χ4v) is 3.58. The van der Waals surface area contributed by atoms with Crippen molar-refractivity contribution in [1.29, 1.82) is 0 Å². The molecular weight excluding hydrogens is 336 g/mol. The Bertz CT molecular complexity index is 810. The average molecular weight is 359 g/mol. The number of nitrogens with one attached hydrogen (secondary N) is 1. The van der Waals surface area contributed by atoms with Crippen LogP contribution in [0.15, 0.2) is 30.5 Å². The SMILES string of the molecule is CC(=O)Nc1c(F)ccc(C(N)CCC2CCc3cccnc3C2)c1F. The van der Waals surface area contributed by atoms with Crippen molar-refractivity contribution in [3.63, 3.8) is 0 Å². The van der Waals surface area contributed by atoms with Gasteiger partial charge in [-0.05, 0) is 55.7 Å². The Morgan fingerprint density at radius 3 is 2.96 bits per heavy atom. The van der Waals surface area contributed by atoms with Gasteiger partial charge < -0.3 is 11.1 Å². The van der Waals surface area contributed by atoms with Gasteiger partial charge in [0.25, 0.3) is 0 Å². The van der Waals surface area contributed by atoms with Crippen LogP contribution in [0.3, 0.4) is 0 Å². The van der Waals surface area contributed by atoms with E-state index in [-0.39, 0.29) is 5.56 Å². The molecule has 138 valence electrons. The van der Waals surface area contributed by atoms with Crippen LogP contribution in [0.2, 0.25) is 0 Å². The van der Waals surface area contributed by atoms with E-state index in [4.69, 9.17) is 5.73 Å². The summed E-state index contributed by atoms with van der Waals surface area (Å²) in [5.41, 5.74) is 8.40. The summed E-state index contributed by atoms with van der Waals surface area (Å²) in [4.78, 5) is 15.6. The Morgan fingerprint density at radius 1 is 1.38 bits per heavy atom. The van der Waals surface area contributed by atoms with Gasteiger partial charge in [-0.1, -0.05) is 12.1 Å². The maximum Gasteiger partial charge on any atom is 0.221 e. The molecule has 1 aromatic heterocycles. The molecule has 1 aromatic carbocycles. The van der Waals surface area contributed by atoms with Gasteiger partial charge in [-0.25, -0.2) is 8.78 Å². The highest BCUT2D eigenvalue weighted by Crippen LogP contribution is 2.31. The van der Waals surface area contributed by atoms with E-state index >= 15 is 0 Å². The van der Waals surface area contributed by atoms with Crippen LogP contribution in [-0.2, 0) is 17.6 Å². The number of anilines is 1. The van der Waals surface area contributed by atoms with Crippen molar-refractivity contribution in [2.75, 3.05) is 5.32 Å². The number of hydrogen-bond donors (Lipinski definition) is 2. The molecule has 2 aromatic rings. The molecule has 3 N–H and O–H groups in total. The minimum atomic E-state index is -0.802. The van der Waals surface area contributed by atoms with Crippen molar-refractivity contribution < 1.29 is 13.6 Å². The Balaban J connectivity index is 1.66. The van der Waals surface area contributed by atoms with Crippen LogP contribution in [0.4, 0.5) is 14.5 Å². The first kappa shape index (κ1) is 18.5. The summed E-state index contributed by atoms with van der Waals surface area (Å²) in [7, 11) is 0. The molecule has 0 fully saturated rings. The summed E-state index contributed by atoms with van der Waals surface area (Å²) >= 11 is 0. The Morgan fingerprint density at radius 2 is 2.19 bits per heavy atom. The number of halogens is 2. The molecule has 1 amide bonds. The minimum absolute atomic E-state index is 0.226. The predicted molar refractivity (Wildman–Crippen MR) is 96.6 cm³/mol. The van der Waals surface area contributed by atoms with Crippen molar-refractivity contribution >= 4 is 11.6 Å². The first-order valence-electron chi connectivity index (χ1n) is 8.89. The number of rotatable bonds is 5. The number of hydrogen-bond acceptors (Lipinski definition) is 3. The first-order chi connectivity index (χ1) is 12.5. The number of aryl methyl sites for hydroxylation is 1. The van der Waals surface area contributed by atoms with Gasteiger partial charge in [-0.3, -0.25) is 9.78 Å². The Hall–Kier alpha value is -2.34. The molecule has 0 saturated heterocycles. The van der Waals surface area contributed by atoms with E-state index in [1.807, 2.05) is 12.3 Å². The number of nitrogens with two attached hydrogens (primary N) is 1. The molecule has 0 spiro atoms. The number of amides is 1. The number of carbonyl (C=O) groups is 1. The fourth-order valence-electron chi connectivity index (χ4n) is 3.58. The lowest BCUT2D eigenvalue weighted by molar-refractivity contribution is -0.114. The van der Waals surface area contributed by atoms with Crippen molar-refractivity contribution in [1.82, 2.24) is 4.98 Å². The second-order valence-corrected chi connectivity index (χ2v) is 6.91. The van der Waals surface area contributed by atoms with Crippen LogP contribution in [0, 0.1) is 17.6 Å². The van der Waals surface area contributed by atoms with E-state index in [1.54, 1.807) is 0 Å². The second kappa shape index (κ2) is 7.91. The summed E-state index contributed by atoms with van der Waals surface area (Å²) in [6.07, 6.45) is 6.23. The molecule has 0 bridgehead atoms. The summed E-state index contributed by atoms with van der Waals surface area (Å²) in [5.74, 6) is -1.66. The van der Waals surface area contributed by atoms with E-state index < -0.39 is 29.3 Å². The standard InChI is InChI=1S/C20H23F2N3O/c1-12(26)25-20-16(21)8-7-15(19(20)22)17(23)9-5-13-4-6-14-3-2-10-24-18(14)11-13/h2-3,7-8,10,13,17H,4-6,9,11,23H2,1H3,(H,25,26). The van der Waals surface area contributed by atoms with Gasteiger partial charge in [0.2, 0.25) is 5.91 Å². The second-order valence-electron chi connectivity index (χ2n) is 6.91. The number of pyridine rings is 1. The summed E-state index contributed by atoms with van der Waals surface area (Å²) in [6, 6.07) is 6.02. The van der Waals surface area contributed by atoms with Crippen molar-refractivity contribution in [2.24, 2.45) is 11.7 Å². The molecule has 1 aliphatic rings. The molecule has 1 aliphatic carbocycles. The van der Waals surface area contributed by atoms with E-state index in [1.165, 1.54) is 18.6 Å². The number of benzene rings is 1. The lowest BCUT2D eigenvalue weighted by atomic mass is 9.83. The normalized spacial score (nSPS) is 17.5. The fraction of sp³-hybridized carbons (Fsp3) is 0.400. The Labute approximate surface area is 151 Å². The van der Waals surface area contributed by atoms with Gasteiger partial charge in [-0.15, -0.1) is 0 Å². The van der Waals surface area contributed by atoms with E-state index in [0.717, 1.165) is 37.4 Å². The monoisotopic (exact) mass is 359 g/mol. The lowest BCUT2D eigenvalue weighted by Gasteiger charge is -2.25. The number of nitrogens with zero attached hydrogens (tertiary/aromatic N) is 1. The maximum absolute atomic E-state index is 14.6. The molecule has 6 heteroatoms. The number of aromatic nitrogens is 1. The molecule has 0 aliphatic heterocycles. The summed E-state index contributed by atoms with van der Waals surface area (Å²) < 4.78 is 28.3. The van der Waals surface area contributed by atoms with Gasteiger partial charge >= 0.3 is 0 Å². The molecular formula is C20H23F2N3O. The van der Waals surface area contributed by atoms with E-state index in [0.29, 0.717) is 12.3 Å². The van der Waals surface area contributed by atoms with Gasteiger partial charge in [-0.2, -0.15) is 0 Å². The molecule has 0 radical (unpaired) electrons. The van der Waals surface area contributed by atoms with Crippen LogP contribution in [-0.4, -0.2) is 10.9 Å². The zero-order chi connectivity index (χ0) is 18.7. The highest BCUT2D eigenvalue weighted by atomic mass is 19.1. The molecule has 26 heavy (non-hydrogen) atoms. The minimum Gasteiger partial charge on any atom is -0.324 e. The quantitative estimate of drug-likeness (QED) is 0.851. The van der Waals surface area contributed by atoms with E-state index in [9.17, 15) is 13.6 Å². The van der Waals surface area contributed by atoms with Crippen molar-refractivity contribution in [2.45, 2.75) is 45.1 Å². The highest BCUT2D eigenvalue weighted by Gasteiger charge is 2.23. The van der Waals surface area contributed by atoms with Crippen LogP contribution >= 0.6 is 0 Å². The number of fused-ring (bicyclic) bond motifs is 1. The van der Waals surface area contributed by atoms with Gasteiger partial charge in [0.15, 0.2) is 5.82 Å². The third-order valence-electron chi connectivity index (χ3n) is 5.00. The van der Waals surface area contributed by atoms with Gasteiger partial charge in [0.1, 0.15) is 11.5 Å². The maximum atomic E-state index is 14.6. The lowest BCUT2D eigenvalue weighted by Crippen LogP contribution is -2.20. The van der Waals surface area contributed by atoms with Crippen LogP contribution in [0.25, 0.3) is 0 Å². The van der Waals surface area contributed by atoms with Crippen LogP contribution in [0.1, 0.15) is 49.0 Å². The van der Waals surface area contributed by atoms with Crippen molar-refractivity contribution in [3.8, 4) is 0 Å². The highest BCUT2D eigenvalue weighted by molar-refractivity contribution is 5.89. The molecule has 2 unspecified atom stereocenters. The molecule has 3 rings (SSSR count). The predicted octanol–water partition coefficient (Wildman–Crippen LogP) is 3.90. The van der Waals surface area contributed by atoms with Gasteiger partial charge in [0.05, 0.1) is 0 Å². The third-order valence-corrected chi connectivity index (χ3v) is 5.00. The molecule has 1 heterocycles.